The number of anilines is 1. The summed E-state index contributed by atoms with van der Waals surface area (Å²) in [5.74, 6) is -0.553. The summed E-state index contributed by atoms with van der Waals surface area (Å²) in [5.41, 5.74) is 2.72. The molecule has 3 rings (SSSR count). The average molecular weight is 318 g/mol. The van der Waals surface area contributed by atoms with E-state index in [1.165, 1.54) is 5.01 Å². The molecule has 0 saturated carbocycles. The maximum atomic E-state index is 13.0. The minimum atomic E-state index is -3.62. The van der Waals surface area contributed by atoms with Crippen LogP contribution in [0.25, 0.3) is 0 Å². The highest BCUT2D eigenvalue weighted by atomic mass is 32.2. The number of carbonyl (C=O) groups is 1. The summed E-state index contributed by atoms with van der Waals surface area (Å²) in [7, 11) is -3.62. The molecule has 6 heteroatoms. The van der Waals surface area contributed by atoms with E-state index in [9.17, 15) is 13.2 Å². The van der Waals surface area contributed by atoms with Crippen LogP contribution in [0.3, 0.4) is 0 Å². The van der Waals surface area contributed by atoms with Crippen LogP contribution in [0.1, 0.15) is 27.2 Å². The van der Waals surface area contributed by atoms with Gasteiger partial charge in [0.1, 0.15) is 0 Å². The zero-order valence-electron chi connectivity index (χ0n) is 12.8. The van der Waals surface area contributed by atoms with Crippen LogP contribution >= 0.6 is 0 Å². The van der Waals surface area contributed by atoms with Crippen LogP contribution in [0, 0.1) is 0 Å². The van der Waals surface area contributed by atoms with E-state index in [0.717, 1.165) is 11.1 Å². The van der Waals surface area contributed by atoms with E-state index < -0.39 is 20.5 Å². The van der Waals surface area contributed by atoms with Gasteiger partial charge in [-0.15, -0.1) is 0 Å². The minimum absolute atomic E-state index is 0.0833. The largest absolute Gasteiger partial charge is 0.275 e. The summed E-state index contributed by atoms with van der Waals surface area (Å²) in [4.78, 5) is 13.0. The van der Waals surface area contributed by atoms with Gasteiger partial charge in [0.25, 0.3) is 5.91 Å². The van der Waals surface area contributed by atoms with E-state index in [1.54, 1.807) is 38.1 Å². The molecule has 1 atom stereocenters. The molecule has 2 heterocycles. The third-order valence-electron chi connectivity index (χ3n) is 4.55. The van der Waals surface area contributed by atoms with Gasteiger partial charge in [-0.25, -0.2) is 8.42 Å². The summed E-state index contributed by atoms with van der Waals surface area (Å²) in [6.07, 6.45) is 0.193. The first-order valence-corrected chi connectivity index (χ1v) is 8.77. The van der Waals surface area contributed by atoms with Crippen LogP contribution < -0.4 is 5.01 Å². The maximum Gasteiger partial charge on any atom is 0.275 e. The van der Waals surface area contributed by atoms with Gasteiger partial charge in [-0.3, -0.25) is 4.79 Å². The minimum Gasteiger partial charge on any atom is -0.270 e. The molecule has 2 aliphatic heterocycles. The normalized spacial score (nSPS) is 27.5. The van der Waals surface area contributed by atoms with Crippen molar-refractivity contribution in [2.45, 2.75) is 31.9 Å². The Hall–Kier alpha value is -1.95. The number of hydrogen-bond acceptors (Lipinski definition) is 4. The summed E-state index contributed by atoms with van der Waals surface area (Å²) in [6.45, 7) is 5.32. The van der Waals surface area contributed by atoms with Crippen molar-refractivity contribution in [2.75, 3.05) is 10.8 Å². The Kier molecular flexibility index (Phi) is 3.25. The predicted molar refractivity (Wildman–Crippen MR) is 86.5 cm³/mol. The molecule has 0 aliphatic carbocycles. The Labute approximate surface area is 130 Å². The van der Waals surface area contributed by atoms with E-state index in [4.69, 9.17) is 0 Å². The van der Waals surface area contributed by atoms with Crippen LogP contribution in [0.2, 0.25) is 0 Å². The molecule has 1 aromatic carbocycles. The first-order chi connectivity index (χ1) is 10.3. The van der Waals surface area contributed by atoms with Gasteiger partial charge in [0, 0.05) is 6.42 Å². The number of allylic oxidation sites excluding steroid dienone is 1. The van der Waals surface area contributed by atoms with Crippen molar-refractivity contribution >= 4 is 27.1 Å². The van der Waals surface area contributed by atoms with Crippen LogP contribution in [0.5, 0.6) is 0 Å². The molecule has 0 N–H and O–H groups in total. The van der Waals surface area contributed by atoms with E-state index in [2.05, 4.69) is 5.10 Å². The SMILES string of the molecule is CC1=NN(c2ccccc2)C(=O)C12CC(C)=C(C)CS2(=O)=O. The van der Waals surface area contributed by atoms with Crippen LogP contribution in [0.15, 0.2) is 46.6 Å². The summed E-state index contributed by atoms with van der Waals surface area (Å²) >= 11 is 0. The molecule has 0 bridgehead atoms. The molecule has 2 aliphatic rings. The van der Waals surface area contributed by atoms with E-state index in [0.29, 0.717) is 11.4 Å². The van der Waals surface area contributed by atoms with Crippen LogP contribution in [-0.2, 0) is 14.6 Å². The molecular formula is C16H18N2O3S. The molecule has 5 nitrogen and oxygen atoms in total. The van der Waals surface area contributed by atoms with Gasteiger partial charge in [0.2, 0.25) is 0 Å². The lowest BCUT2D eigenvalue weighted by molar-refractivity contribution is -0.118. The number of para-hydroxylation sites is 1. The van der Waals surface area contributed by atoms with Gasteiger partial charge in [0.05, 0.1) is 17.2 Å². The van der Waals surface area contributed by atoms with Crippen molar-refractivity contribution in [3.05, 3.63) is 41.5 Å². The molecule has 0 radical (unpaired) electrons. The number of rotatable bonds is 1. The Bertz CT molecular complexity index is 809. The summed E-state index contributed by atoms with van der Waals surface area (Å²) in [5, 5.41) is 5.49. The van der Waals surface area contributed by atoms with Gasteiger partial charge < -0.3 is 0 Å². The second kappa shape index (κ2) is 4.78. The molecule has 0 saturated heterocycles. The Morgan fingerprint density at radius 1 is 1.09 bits per heavy atom. The molecule has 1 spiro atoms. The van der Waals surface area contributed by atoms with Crippen LogP contribution in [0.4, 0.5) is 5.69 Å². The Balaban J connectivity index is 2.14. The number of benzene rings is 1. The molecular weight excluding hydrogens is 300 g/mol. The lowest BCUT2D eigenvalue weighted by Gasteiger charge is -2.33. The highest BCUT2D eigenvalue weighted by Crippen LogP contribution is 2.41. The number of hydrogen-bond donors (Lipinski definition) is 0. The second-order valence-electron chi connectivity index (χ2n) is 5.96. The fourth-order valence-corrected chi connectivity index (χ4v) is 5.42. The third kappa shape index (κ3) is 1.86. The van der Waals surface area contributed by atoms with E-state index in [1.807, 2.05) is 13.0 Å². The van der Waals surface area contributed by atoms with Crippen molar-refractivity contribution < 1.29 is 13.2 Å². The first kappa shape index (κ1) is 15.0. The fraction of sp³-hybridized carbons (Fsp3) is 0.375. The van der Waals surface area contributed by atoms with Crippen molar-refractivity contribution in [3.8, 4) is 0 Å². The second-order valence-corrected chi connectivity index (χ2v) is 8.18. The summed E-state index contributed by atoms with van der Waals surface area (Å²) in [6, 6.07) is 8.92. The number of carbonyl (C=O) groups excluding carboxylic acids is 1. The highest BCUT2D eigenvalue weighted by Gasteiger charge is 2.60. The van der Waals surface area contributed by atoms with Crippen molar-refractivity contribution in [1.82, 2.24) is 0 Å². The molecule has 0 aromatic heterocycles. The first-order valence-electron chi connectivity index (χ1n) is 7.12. The monoisotopic (exact) mass is 318 g/mol. The smallest absolute Gasteiger partial charge is 0.270 e. The maximum absolute atomic E-state index is 13.0. The van der Waals surface area contributed by atoms with Gasteiger partial charge in [-0.1, -0.05) is 29.3 Å². The van der Waals surface area contributed by atoms with Gasteiger partial charge >= 0.3 is 0 Å². The van der Waals surface area contributed by atoms with E-state index in [-0.39, 0.29) is 12.2 Å². The van der Waals surface area contributed by atoms with Gasteiger partial charge in [-0.05, 0) is 32.9 Å². The molecule has 22 heavy (non-hydrogen) atoms. The Morgan fingerprint density at radius 3 is 2.36 bits per heavy atom. The zero-order valence-corrected chi connectivity index (χ0v) is 13.6. The standard InChI is InChI=1S/C16H18N2O3S/c1-11-9-16(22(20,21)10-12(11)2)13(3)17-18(15(16)19)14-7-5-4-6-8-14/h4-8H,9-10H2,1-3H3. The lowest BCUT2D eigenvalue weighted by atomic mass is 9.92. The molecule has 116 valence electrons. The predicted octanol–water partition coefficient (Wildman–Crippen LogP) is 2.30. The number of sulfone groups is 1. The number of amides is 1. The van der Waals surface area contributed by atoms with Crippen LogP contribution in [-0.4, -0.2) is 30.5 Å². The lowest BCUT2D eigenvalue weighted by Crippen LogP contribution is -2.55. The average Bonchev–Trinajstić information content (AvgIpc) is 2.72. The summed E-state index contributed by atoms with van der Waals surface area (Å²) < 4.78 is 24.1. The third-order valence-corrected chi connectivity index (χ3v) is 7.04. The highest BCUT2D eigenvalue weighted by molar-refractivity contribution is 7.94. The molecule has 1 amide bonds. The van der Waals surface area contributed by atoms with Crippen molar-refractivity contribution in [1.29, 1.82) is 0 Å². The molecule has 1 aromatic rings. The number of nitrogens with zero attached hydrogens (tertiary/aromatic N) is 2. The van der Waals surface area contributed by atoms with Gasteiger partial charge in [0.15, 0.2) is 14.6 Å². The number of hydrazone groups is 1. The fourth-order valence-electron chi connectivity index (χ4n) is 3.07. The quantitative estimate of drug-likeness (QED) is 0.746. The molecule has 1 unspecified atom stereocenters. The van der Waals surface area contributed by atoms with Crippen molar-refractivity contribution in [3.63, 3.8) is 0 Å². The topological polar surface area (TPSA) is 66.8 Å². The molecule has 0 fully saturated rings. The van der Waals surface area contributed by atoms with Gasteiger partial charge in [-0.2, -0.15) is 10.1 Å². The Morgan fingerprint density at radius 2 is 1.73 bits per heavy atom. The van der Waals surface area contributed by atoms with Crippen molar-refractivity contribution in [2.24, 2.45) is 5.10 Å². The van der Waals surface area contributed by atoms with E-state index >= 15 is 0 Å². The zero-order chi connectivity index (χ0) is 16.1.